The van der Waals surface area contributed by atoms with Crippen molar-refractivity contribution in [2.45, 2.75) is 12.5 Å². The Balaban J connectivity index is 1.80. The Labute approximate surface area is 178 Å². The van der Waals surface area contributed by atoms with Crippen LogP contribution in [0.4, 0.5) is 0 Å². The SMILES string of the molecule is COCCCN1C(=O)C(=O)/C(=C(\O)c2ccc3c(c2)OCO3)C1c1ccc(Cl)cc1. The fourth-order valence-electron chi connectivity index (χ4n) is 3.68. The molecule has 1 atom stereocenters. The van der Waals surface area contributed by atoms with E-state index >= 15 is 0 Å². The van der Waals surface area contributed by atoms with Gasteiger partial charge in [0.05, 0.1) is 11.6 Å². The number of carbonyl (C=O) groups excluding carboxylic acids is 2. The van der Waals surface area contributed by atoms with E-state index < -0.39 is 17.7 Å². The summed E-state index contributed by atoms with van der Waals surface area (Å²) >= 11 is 6.01. The molecule has 1 unspecified atom stereocenters. The predicted octanol–water partition coefficient (Wildman–Crippen LogP) is 3.53. The molecule has 1 saturated heterocycles. The van der Waals surface area contributed by atoms with Crippen LogP contribution >= 0.6 is 11.6 Å². The van der Waals surface area contributed by atoms with E-state index in [0.717, 1.165) is 0 Å². The maximum absolute atomic E-state index is 12.9. The van der Waals surface area contributed by atoms with Gasteiger partial charge in [-0.25, -0.2) is 0 Å². The first kappa shape index (κ1) is 20.3. The summed E-state index contributed by atoms with van der Waals surface area (Å²) in [4.78, 5) is 27.2. The Morgan fingerprint density at radius 3 is 2.63 bits per heavy atom. The lowest BCUT2D eigenvalue weighted by Crippen LogP contribution is -2.31. The van der Waals surface area contributed by atoms with Crippen molar-refractivity contribution in [2.75, 3.05) is 27.1 Å². The first-order chi connectivity index (χ1) is 14.5. The van der Waals surface area contributed by atoms with Gasteiger partial charge in [-0.05, 0) is 42.3 Å². The zero-order chi connectivity index (χ0) is 21.3. The van der Waals surface area contributed by atoms with Crippen LogP contribution in [0.2, 0.25) is 5.02 Å². The van der Waals surface area contributed by atoms with Crippen molar-refractivity contribution in [3.05, 3.63) is 64.2 Å². The molecule has 2 aromatic rings. The van der Waals surface area contributed by atoms with E-state index in [9.17, 15) is 14.7 Å². The minimum Gasteiger partial charge on any atom is -0.507 e. The number of rotatable bonds is 6. The molecule has 156 valence electrons. The molecule has 0 spiro atoms. The topological polar surface area (TPSA) is 85.3 Å². The monoisotopic (exact) mass is 429 g/mol. The highest BCUT2D eigenvalue weighted by atomic mass is 35.5. The van der Waals surface area contributed by atoms with Gasteiger partial charge in [-0.3, -0.25) is 9.59 Å². The van der Waals surface area contributed by atoms with Crippen LogP contribution < -0.4 is 9.47 Å². The summed E-state index contributed by atoms with van der Waals surface area (Å²) in [5.74, 6) is -0.631. The maximum Gasteiger partial charge on any atom is 0.295 e. The minimum absolute atomic E-state index is 0.0265. The Morgan fingerprint density at radius 1 is 1.17 bits per heavy atom. The number of likely N-dealkylation sites (tertiary alicyclic amines) is 1. The molecule has 0 bridgehead atoms. The molecule has 0 aromatic heterocycles. The van der Waals surface area contributed by atoms with Crippen LogP contribution in [-0.2, 0) is 14.3 Å². The lowest BCUT2D eigenvalue weighted by atomic mass is 9.95. The van der Waals surface area contributed by atoms with Crippen molar-refractivity contribution in [1.29, 1.82) is 0 Å². The van der Waals surface area contributed by atoms with Gasteiger partial charge in [0.1, 0.15) is 5.76 Å². The minimum atomic E-state index is -0.734. The zero-order valence-corrected chi connectivity index (χ0v) is 17.0. The second-order valence-corrected chi connectivity index (χ2v) is 7.39. The molecule has 7 nitrogen and oxygen atoms in total. The molecule has 1 N–H and O–H groups in total. The first-order valence-corrected chi connectivity index (χ1v) is 9.82. The Hall–Kier alpha value is -3.03. The average Bonchev–Trinajstić information content (AvgIpc) is 3.31. The number of amides is 1. The Bertz CT molecular complexity index is 1020. The molecule has 8 heteroatoms. The molecule has 0 radical (unpaired) electrons. The molecule has 0 aliphatic carbocycles. The second kappa shape index (κ2) is 8.38. The van der Waals surface area contributed by atoms with Crippen LogP contribution in [0.1, 0.15) is 23.6 Å². The number of aliphatic hydroxyl groups is 1. The van der Waals surface area contributed by atoms with Gasteiger partial charge in [0, 0.05) is 30.8 Å². The molecule has 2 aliphatic heterocycles. The molecule has 2 aromatic carbocycles. The summed E-state index contributed by atoms with van der Waals surface area (Å²) in [5.41, 5.74) is 1.07. The number of ketones is 1. The third-order valence-electron chi connectivity index (χ3n) is 5.12. The Kier molecular flexibility index (Phi) is 5.65. The van der Waals surface area contributed by atoms with Crippen LogP contribution in [0.15, 0.2) is 48.0 Å². The molecular formula is C22H20ClNO6. The lowest BCUT2D eigenvalue weighted by Gasteiger charge is -2.25. The summed E-state index contributed by atoms with van der Waals surface area (Å²) in [7, 11) is 1.57. The third kappa shape index (κ3) is 3.62. The number of halogens is 1. The predicted molar refractivity (Wildman–Crippen MR) is 110 cm³/mol. The largest absolute Gasteiger partial charge is 0.507 e. The van der Waals surface area contributed by atoms with E-state index in [2.05, 4.69) is 0 Å². The number of hydrogen-bond acceptors (Lipinski definition) is 6. The number of methoxy groups -OCH3 is 1. The van der Waals surface area contributed by atoms with Crippen molar-refractivity contribution < 1.29 is 28.9 Å². The van der Waals surface area contributed by atoms with Gasteiger partial charge >= 0.3 is 0 Å². The number of Topliss-reactive ketones (excluding diaryl/α,β-unsaturated/α-hetero) is 1. The van der Waals surface area contributed by atoms with E-state index in [4.69, 9.17) is 25.8 Å². The summed E-state index contributed by atoms with van der Waals surface area (Å²) < 4.78 is 15.7. The molecule has 2 heterocycles. The van der Waals surface area contributed by atoms with Crippen LogP contribution in [0.5, 0.6) is 11.5 Å². The first-order valence-electron chi connectivity index (χ1n) is 9.44. The summed E-state index contributed by atoms with van der Waals surface area (Å²) in [6.07, 6.45) is 0.553. The molecule has 2 aliphatic rings. The van der Waals surface area contributed by atoms with Gasteiger partial charge in [-0.15, -0.1) is 0 Å². The number of fused-ring (bicyclic) bond motifs is 1. The lowest BCUT2D eigenvalue weighted by molar-refractivity contribution is -0.140. The third-order valence-corrected chi connectivity index (χ3v) is 5.37. The fourth-order valence-corrected chi connectivity index (χ4v) is 3.81. The van der Waals surface area contributed by atoms with Crippen molar-refractivity contribution >= 4 is 29.1 Å². The van der Waals surface area contributed by atoms with E-state index in [0.29, 0.717) is 47.2 Å². The maximum atomic E-state index is 12.9. The van der Waals surface area contributed by atoms with E-state index in [1.165, 1.54) is 4.90 Å². The number of hydrogen-bond donors (Lipinski definition) is 1. The van der Waals surface area contributed by atoms with Crippen molar-refractivity contribution in [2.24, 2.45) is 0 Å². The molecule has 4 rings (SSSR count). The van der Waals surface area contributed by atoms with Gasteiger partial charge in [0.2, 0.25) is 6.79 Å². The van der Waals surface area contributed by atoms with Gasteiger partial charge in [-0.2, -0.15) is 0 Å². The number of carbonyl (C=O) groups is 2. The highest BCUT2D eigenvalue weighted by Gasteiger charge is 2.45. The fraction of sp³-hybridized carbons (Fsp3) is 0.273. The van der Waals surface area contributed by atoms with Crippen molar-refractivity contribution in [3.63, 3.8) is 0 Å². The summed E-state index contributed by atoms with van der Waals surface area (Å²) in [6.45, 7) is 0.844. The number of benzene rings is 2. The van der Waals surface area contributed by atoms with E-state index in [-0.39, 0.29) is 18.1 Å². The average molecular weight is 430 g/mol. The van der Waals surface area contributed by atoms with Gasteiger partial charge in [0.25, 0.3) is 11.7 Å². The van der Waals surface area contributed by atoms with Gasteiger partial charge in [-0.1, -0.05) is 23.7 Å². The zero-order valence-electron chi connectivity index (χ0n) is 16.3. The quantitative estimate of drug-likeness (QED) is 0.327. The summed E-state index contributed by atoms with van der Waals surface area (Å²) in [6, 6.07) is 11.0. The highest BCUT2D eigenvalue weighted by molar-refractivity contribution is 6.46. The highest BCUT2D eigenvalue weighted by Crippen LogP contribution is 2.41. The molecule has 30 heavy (non-hydrogen) atoms. The number of ether oxygens (including phenoxy) is 3. The standard InChI is InChI=1S/C22H20ClNO6/c1-28-10-2-9-24-19(13-3-6-15(23)7-4-13)18(21(26)22(24)27)20(25)14-5-8-16-17(11-14)30-12-29-16/h3-8,11,19,25H,2,9-10,12H2,1H3/b20-18-. The van der Waals surface area contributed by atoms with Gasteiger partial charge < -0.3 is 24.2 Å². The van der Waals surface area contributed by atoms with Crippen LogP contribution in [0, 0.1) is 0 Å². The summed E-state index contributed by atoms with van der Waals surface area (Å²) in [5, 5.41) is 11.6. The second-order valence-electron chi connectivity index (χ2n) is 6.96. The molecule has 1 fully saturated rings. The van der Waals surface area contributed by atoms with Crippen LogP contribution in [0.25, 0.3) is 5.76 Å². The van der Waals surface area contributed by atoms with E-state index in [1.807, 2.05) is 0 Å². The Morgan fingerprint density at radius 2 is 1.90 bits per heavy atom. The van der Waals surface area contributed by atoms with Crippen LogP contribution in [-0.4, -0.2) is 48.8 Å². The van der Waals surface area contributed by atoms with Crippen molar-refractivity contribution in [1.82, 2.24) is 4.90 Å². The number of aliphatic hydroxyl groups excluding tert-OH is 1. The molecular weight excluding hydrogens is 410 g/mol. The molecule has 0 saturated carbocycles. The van der Waals surface area contributed by atoms with Crippen molar-refractivity contribution in [3.8, 4) is 11.5 Å². The number of nitrogens with zero attached hydrogens (tertiary/aromatic N) is 1. The molecule has 1 amide bonds. The van der Waals surface area contributed by atoms with E-state index in [1.54, 1.807) is 49.6 Å². The van der Waals surface area contributed by atoms with Crippen LogP contribution in [0.3, 0.4) is 0 Å². The smallest absolute Gasteiger partial charge is 0.295 e. The van der Waals surface area contributed by atoms with Gasteiger partial charge in [0.15, 0.2) is 11.5 Å². The normalized spacial score (nSPS) is 19.5.